The Morgan fingerprint density at radius 2 is 1.62 bits per heavy atom. The van der Waals surface area contributed by atoms with Gasteiger partial charge in [-0.15, -0.1) is 13.2 Å². The largest absolute Gasteiger partial charge is 0.573 e. The maximum atomic E-state index is 12.6. The zero-order valence-electron chi connectivity index (χ0n) is 16.2. The molecule has 2 amide bonds. The van der Waals surface area contributed by atoms with Gasteiger partial charge in [0.15, 0.2) is 0 Å². The zero-order chi connectivity index (χ0) is 20.9. The lowest BCUT2D eigenvalue weighted by molar-refractivity contribution is -0.274. The molecule has 7 heteroatoms. The van der Waals surface area contributed by atoms with Gasteiger partial charge in [0.05, 0.1) is 6.04 Å². The predicted octanol–water partition coefficient (Wildman–Crippen LogP) is 6.27. The van der Waals surface area contributed by atoms with Crippen molar-refractivity contribution in [2.75, 3.05) is 5.32 Å². The minimum atomic E-state index is -4.74. The van der Waals surface area contributed by atoms with E-state index in [9.17, 15) is 18.0 Å². The molecule has 0 saturated heterocycles. The van der Waals surface area contributed by atoms with E-state index < -0.39 is 6.36 Å². The van der Waals surface area contributed by atoms with Crippen LogP contribution in [0.5, 0.6) is 5.75 Å². The summed E-state index contributed by atoms with van der Waals surface area (Å²) in [5.74, 6) is 0.720. The Balaban J connectivity index is 1.65. The van der Waals surface area contributed by atoms with Crippen LogP contribution in [0.2, 0.25) is 0 Å². The number of hydrogen-bond acceptors (Lipinski definition) is 2. The van der Waals surface area contributed by atoms with Crippen LogP contribution in [0.1, 0.15) is 44.2 Å². The first-order valence-corrected chi connectivity index (χ1v) is 9.78. The van der Waals surface area contributed by atoms with Crippen molar-refractivity contribution in [1.29, 1.82) is 0 Å². The van der Waals surface area contributed by atoms with Crippen molar-refractivity contribution < 1.29 is 22.7 Å². The second-order valence-electron chi connectivity index (χ2n) is 7.58. The third kappa shape index (κ3) is 6.41. The Morgan fingerprint density at radius 1 is 1.00 bits per heavy atom. The number of urea groups is 1. The maximum absolute atomic E-state index is 12.6. The third-order valence-corrected chi connectivity index (χ3v) is 5.32. The van der Waals surface area contributed by atoms with E-state index in [0.717, 1.165) is 31.2 Å². The molecule has 0 heterocycles. The van der Waals surface area contributed by atoms with Crippen molar-refractivity contribution in [1.82, 2.24) is 5.32 Å². The molecule has 1 aliphatic rings. The Morgan fingerprint density at radius 3 is 2.21 bits per heavy atom. The first-order valence-electron chi connectivity index (χ1n) is 9.78. The van der Waals surface area contributed by atoms with Crippen LogP contribution in [0.25, 0.3) is 0 Å². The van der Waals surface area contributed by atoms with Gasteiger partial charge in [0.1, 0.15) is 5.75 Å². The van der Waals surface area contributed by atoms with Gasteiger partial charge in [-0.1, -0.05) is 50.1 Å². The van der Waals surface area contributed by atoms with Crippen LogP contribution in [0.15, 0.2) is 54.6 Å². The molecule has 156 valence electrons. The second-order valence-corrected chi connectivity index (χ2v) is 7.58. The summed E-state index contributed by atoms with van der Waals surface area (Å²) in [6, 6.07) is 14.4. The molecule has 29 heavy (non-hydrogen) atoms. The lowest BCUT2D eigenvalue weighted by Gasteiger charge is -2.33. The van der Waals surface area contributed by atoms with Crippen molar-refractivity contribution in [3.8, 4) is 5.75 Å². The molecule has 2 aromatic carbocycles. The van der Waals surface area contributed by atoms with Crippen molar-refractivity contribution in [2.24, 2.45) is 11.8 Å². The lowest BCUT2D eigenvalue weighted by Crippen LogP contribution is -2.37. The van der Waals surface area contributed by atoms with Crippen LogP contribution in [0.4, 0.5) is 23.7 Å². The van der Waals surface area contributed by atoms with Crippen LogP contribution < -0.4 is 15.4 Å². The monoisotopic (exact) mass is 406 g/mol. The molecule has 1 aliphatic carbocycles. The van der Waals surface area contributed by atoms with E-state index >= 15 is 0 Å². The van der Waals surface area contributed by atoms with E-state index in [2.05, 4.69) is 22.3 Å². The highest BCUT2D eigenvalue weighted by Gasteiger charge is 2.31. The van der Waals surface area contributed by atoms with Gasteiger partial charge in [0.2, 0.25) is 0 Å². The topological polar surface area (TPSA) is 50.4 Å². The Labute approximate surface area is 168 Å². The number of nitrogens with one attached hydrogen (secondary N) is 2. The molecule has 0 radical (unpaired) electrons. The average molecular weight is 406 g/mol. The number of anilines is 1. The molecule has 0 spiro atoms. The summed E-state index contributed by atoms with van der Waals surface area (Å²) in [6.07, 6.45) is -0.377. The number of benzene rings is 2. The fraction of sp³-hybridized carbons (Fsp3) is 0.409. The lowest BCUT2D eigenvalue weighted by atomic mass is 9.77. The number of ether oxygens (including phenoxy) is 1. The maximum Gasteiger partial charge on any atom is 0.573 e. The van der Waals surface area contributed by atoms with Crippen LogP contribution in [-0.4, -0.2) is 12.4 Å². The molecule has 0 aromatic heterocycles. The molecule has 0 aliphatic heterocycles. The van der Waals surface area contributed by atoms with Crippen LogP contribution in [-0.2, 0) is 0 Å². The molecule has 1 unspecified atom stereocenters. The Kier molecular flexibility index (Phi) is 6.67. The summed E-state index contributed by atoms with van der Waals surface area (Å²) in [5.41, 5.74) is 1.44. The number of carbonyl (C=O) groups excluding carboxylic acids is 1. The van der Waals surface area contributed by atoms with E-state index in [1.165, 1.54) is 24.3 Å². The van der Waals surface area contributed by atoms with Crippen molar-refractivity contribution in [3.05, 3.63) is 60.2 Å². The van der Waals surface area contributed by atoms with Gasteiger partial charge in [-0.05, 0) is 54.5 Å². The van der Waals surface area contributed by atoms with Crippen molar-refractivity contribution in [3.63, 3.8) is 0 Å². The molecule has 2 aromatic rings. The van der Waals surface area contributed by atoms with E-state index in [0.29, 0.717) is 17.5 Å². The van der Waals surface area contributed by atoms with Gasteiger partial charge in [-0.3, -0.25) is 0 Å². The van der Waals surface area contributed by atoms with Crippen LogP contribution in [0, 0.1) is 11.8 Å². The molecular weight excluding hydrogens is 381 g/mol. The van der Waals surface area contributed by atoms with Crippen molar-refractivity contribution >= 4 is 11.7 Å². The smallest absolute Gasteiger partial charge is 0.406 e. The molecule has 1 atom stereocenters. The van der Waals surface area contributed by atoms with Crippen LogP contribution in [0.3, 0.4) is 0 Å². The quantitative estimate of drug-likeness (QED) is 0.614. The molecule has 4 nitrogen and oxygen atoms in total. The molecule has 1 saturated carbocycles. The van der Waals surface area contributed by atoms with Crippen molar-refractivity contribution in [2.45, 2.75) is 45.0 Å². The summed E-state index contributed by atoms with van der Waals surface area (Å²) in [7, 11) is 0. The fourth-order valence-electron chi connectivity index (χ4n) is 3.80. The molecule has 0 bridgehead atoms. The number of alkyl halides is 3. The standard InChI is InChI=1S/C22H25F3N2O2/c1-15-7-9-17(10-8-15)20(16-5-3-2-4-6-16)27-21(28)26-18-11-13-19(14-12-18)29-22(23,24)25/h2-6,11-15,17,20H,7-10H2,1H3,(H2,26,27,28). The highest BCUT2D eigenvalue weighted by Crippen LogP contribution is 2.36. The SMILES string of the molecule is CC1CCC(C(NC(=O)Nc2ccc(OC(F)(F)F)cc2)c2ccccc2)CC1. The molecule has 1 fully saturated rings. The number of carbonyl (C=O) groups is 1. The average Bonchev–Trinajstić information content (AvgIpc) is 2.68. The number of rotatable bonds is 5. The minimum Gasteiger partial charge on any atom is -0.406 e. The number of hydrogen-bond donors (Lipinski definition) is 2. The summed E-state index contributed by atoms with van der Waals surface area (Å²) in [6.45, 7) is 2.25. The third-order valence-electron chi connectivity index (χ3n) is 5.32. The Hall–Kier alpha value is -2.70. The van der Waals surface area contributed by atoms with E-state index in [-0.39, 0.29) is 17.8 Å². The van der Waals surface area contributed by atoms with Gasteiger partial charge in [-0.25, -0.2) is 4.79 Å². The number of amides is 2. The Bertz CT molecular complexity index is 786. The normalized spacial score (nSPS) is 20.6. The summed E-state index contributed by atoms with van der Waals surface area (Å²) < 4.78 is 40.6. The summed E-state index contributed by atoms with van der Waals surface area (Å²) in [5, 5.41) is 5.75. The van der Waals surface area contributed by atoms with Gasteiger partial charge in [0.25, 0.3) is 0 Å². The minimum absolute atomic E-state index is 0.114. The van der Waals surface area contributed by atoms with Crippen LogP contribution >= 0.6 is 0 Å². The van der Waals surface area contributed by atoms with E-state index in [1.54, 1.807) is 0 Å². The van der Waals surface area contributed by atoms with Gasteiger partial charge in [-0.2, -0.15) is 0 Å². The molecular formula is C22H25F3N2O2. The van der Waals surface area contributed by atoms with Gasteiger partial charge >= 0.3 is 12.4 Å². The first kappa shape index (κ1) is 21.0. The second kappa shape index (κ2) is 9.20. The molecule has 2 N–H and O–H groups in total. The van der Waals surface area contributed by atoms with E-state index in [4.69, 9.17) is 0 Å². The first-order chi connectivity index (χ1) is 13.8. The highest BCUT2D eigenvalue weighted by atomic mass is 19.4. The highest BCUT2D eigenvalue weighted by molar-refractivity contribution is 5.89. The predicted molar refractivity (Wildman–Crippen MR) is 106 cm³/mol. The summed E-state index contributed by atoms with van der Waals surface area (Å²) in [4.78, 5) is 12.6. The molecule has 3 rings (SSSR count). The van der Waals surface area contributed by atoms with Gasteiger partial charge < -0.3 is 15.4 Å². The zero-order valence-corrected chi connectivity index (χ0v) is 16.2. The van der Waals surface area contributed by atoms with Gasteiger partial charge in [0, 0.05) is 5.69 Å². The number of halogens is 3. The van der Waals surface area contributed by atoms with E-state index in [1.807, 2.05) is 30.3 Å². The summed E-state index contributed by atoms with van der Waals surface area (Å²) >= 11 is 0. The fourth-order valence-corrected chi connectivity index (χ4v) is 3.80.